The van der Waals surface area contributed by atoms with Crippen LogP contribution < -0.4 is 0 Å². The molecule has 0 aliphatic rings. The van der Waals surface area contributed by atoms with Gasteiger partial charge in [-0.1, -0.05) is 0 Å². The molecule has 0 heterocycles. The molecule has 7 heteroatoms. The van der Waals surface area contributed by atoms with E-state index < -0.39 is 24.1 Å². The summed E-state index contributed by atoms with van der Waals surface area (Å²) in [6.45, 7) is 9.38. The first-order chi connectivity index (χ1) is 5.92. The molecule has 0 saturated carbocycles. The Kier molecular flexibility index (Phi) is 3.53. The normalized spacial score (nSPS) is 20.0. The standard InChI is InChI=1S/C8H24O4P2S/c1-13(2,3,4)11-15(9,10)12-14(5,6,7)8/h1-8H3. The molecule has 15 heavy (non-hydrogen) atoms. The van der Waals surface area contributed by atoms with Crippen LogP contribution in [0, 0.1) is 0 Å². The van der Waals surface area contributed by atoms with E-state index in [1.54, 1.807) is 0 Å². The topological polar surface area (TPSA) is 52.6 Å². The van der Waals surface area contributed by atoms with E-state index in [1.807, 2.05) is 53.3 Å². The first-order valence-corrected chi connectivity index (χ1v) is 13.8. The molecule has 96 valence electrons. The Labute approximate surface area is 94.1 Å². The summed E-state index contributed by atoms with van der Waals surface area (Å²) in [6.07, 6.45) is 0. The first kappa shape index (κ1) is 15.7. The maximum absolute atomic E-state index is 11.7. The summed E-state index contributed by atoms with van der Waals surface area (Å²) >= 11 is 0. The molecule has 0 N–H and O–H groups in total. The molecular formula is C8H24O4P2S. The Morgan fingerprint density at radius 2 is 0.867 bits per heavy atom. The Morgan fingerprint density at radius 1 is 0.667 bits per heavy atom. The fourth-order valence-corrected chi connectivity index (χ4v) is 6.94. The van der Waals surface area contributed by atoms with Crippen LogP contribution in [0.5, 0.6) is 0 Å². The van der Waals surface area contributed by atoms with Crippen molar-refractivity contribution in [2.75, 3.05) is 53.3 Å². The van der Waals surface area contributed by atoms with E-state index in [4.69, 9.17) is 7.94 Å². The van der Waals surface area contributed by atoms with Crippen molar-refractivity contribution in [2.45, 2.75) is 0 Å². The van der Waals surface area contributed by atoms with E-state index in [2.05, 4.69) is 0 Å². The van der Waals surface area contributed by atoms with Crippen LogP contribution in [0.15, 0.2) is 0 Å². The van der Waals surface area contributed by atoms with Gasteiger partial charge in [0.15, 0.2) is 0 Å². The van der Waals surface area contributed by atoms with Crippen LogP contribution >= 0.6 is 13.7 Å². The van der Waals surface area contributed by atoms with Crippen LogP contribution in [0.3, 0.4) is 0 Å². The molecule has 0 saturated heterocycles. The Bertz CT molecular complexity index is 307. The van der Waals surface area contributed by atoms with Crippen LogP contribution in [0.1, 0.15) is 0 Å². The molecule has 0 fully saturated rings. The molecule has 0 amide bonds. The fraction of sp³-hybridized carbons (Fsp3) is 1.00. The number of rotatable bonds is 4. The zero-order chi connectivity index (χ0) is 12.8. The van der Waals surface area contributed by atoms with Gasteiger partial charge in [-0.2, -0.15) is 0 Å². The zero-order valence-electron chi connectivity index (χ0n) is 10.9. The van der Waals surface area contributed by atoms with Crippen molar-refractivity contribution in [1.82, 2.24) is 0 Å². The summed E-state index contributed by atoms with van der Waals surface area (Å²) < 4.78 is 33.7. The predicted molar refractivity (Wildman–Crippen MR) is 72.3 cm³/mol. The van der Waals surface area contributed by atoms with Crippen molar-refractivity contribution in [3.05, 3.63) is 0 Å². The Hall–Kier alpha value is 0.730. The Morgan fingerprint density at radius 3 is 1.00 bits per heavy atom. The maximum atomic E-state index is 11.7. The minimum atomic E-state index is -3.90. The van der Waals surface area contributed by atoms with Gasteiger partial charge < -0.3 is 0 Å². The molecule has 0 rings (SSSR count). The molecule has 4 nitrogen and oxygen atoms in total. The zero-order valence-corrected chi connectivity index (χ0v) is 13.5. The fourth-order valence-electron chi connectivity index (χ4n) is 0.744. The third kappa shape index (κ3) is 11.0. The van der Waals surface area contributed by atoms with Crippen LogP contribution in [-0.2, 0) is 18.3 Å². The second-order valence-electron chi connectivity index (χ2n) is 7.38. The summed E-state index contributed by atoms with van der Waals surface area (Å²) in [5.41, 5.74) is 0. The second-order valence-corrected chi connectivity index (χ2v) is 23.0. The van der Waals surface area contributed by atoms with E-state index in [9.17, 15) is 8.42 Å². The molecule has 0 bridgehead atoms. The van der Waals surface area contributed by atoms with Gasteiger partial charge in [0, 0.05) is 0 Å². The average Bonchev–Trinajstić information content (AvgIpc) is 1.36. The predicted octanol–water partition coefficient (Wildman–Crippen LogP) is 2.24. The molecule has 0 aromatic heterocycles. The molecular weight excluding hydrogens is 254 g/mol. The van der Waals surface area contributed by atoms with E-state index in [0.29, 0.717) is 0 Å². The summed E-state index contributed by atoms with van der Waals surface area (Å²) in [6, 6.07) is 0. The van der Waals surface area contributed by atoms with Gasteiger partial charge in [-0.25, -0.2) is 0 Å². The van der Waals surface area contributed by atoms with Gasteiger partial charge in [0.25, 0.3) is 0 Å². The van der Waals surface area contributed by atoms with E-state index >= 15 is 0 Å². The molecule has 0 unspecified atom stereocenters. The number of hydrogen-bond acceptors (Lipinski definition) is 4. The third-order valence-electron chi connectivity index (χ3n) is 0.779. The summed E-state index contributed by atoms with van der Waals surface area (Å²) in [7, 11) is -3.90. The third-order valence-corrected chi connectivity index (χ3v) is 7.01. The van der Waals surface area contributed by atoms with Crippen molar-refractivity contribution in [3.63, 3.8) is 0 Å². The van der Waals surface area contributed by atoms with Crippen LogP contribution in [0.25, 0.3) is 0 Å². The van der Waals surface area contributed by atoms with Gasteiger partial charge in [-0.15, -0.1) is 0 Å². The summed E-state index contributed by atoms with van der Waals surface area (Å²) in [5, 5.41) is 0. The van der Waals surface area contributed by atoms with Crippen molar-refractivity contribution in [3.8, 4) is 0 Å². The van der Waals surface area contributed by atoms with E-state index in [1.165, 1.54) is 0 Å². The van der Waals surface area contributed by atoms with Gasteiger partial charge in [0.1, 0.15) is 0 Å². The van der Waals surface area contributed by atoms with Gasteiger partial charge in [0.2, 0.25) is 0 Å². The second kappa shape index (κ2) is 3.36. The molecule has 0 spiro atoms. The van der Waals surface area contributed by atoms with Crippen LogP contribution in [0.2, 0.25) is 0 Å². The Balaban J connectivity index is 4.94. The summed E-state index contributed by atoms with van der Waals surface area (Å²) in [4.78, 5) is 0. The van der Waals surface area contributed by atoms with Crippen LogP contribution in [0.4, 0.5) is 0 Å². The van der Waals surface area contributed by atoms with Gasteiger partial charge >= 0.3 is 93.7 Å². The SMILES string of the molecule is CP(C)(C)(C)OS(=O)(=O)OP(C)(C)(C)C. The monoisotopic (exact) mass is 278 g/mol. The van der Waals surface area contributed by atoms with Gasteiger partial charge in [-0.3, -0.25) is 0 Å². The molecule has 0 aliphatic heterocycles. The van der Waals surface area contributed by atoms with Crippen molar-refractivity contribution >= 4 is 24.1 Å². The minimum absolute atomic E-state index is 1.82. The molecule has 0 atom stereocenters. The van der Waals surface area contributed by atoms with Crippen molar-refractivity contribution in [2.24, 2.45) is 0 Å². The van der Waals surface area contributed by atoms with Crippen molar-refractivity contribution in [1.29, 1.82) is 0 Å². The van der Waals surface area contributed by atoms with Crippen molar-refractivity contribution < 1.29 is 16.4 Å². The number of hydrogen-bond donors (Lipinski definition) is 0. The van der Waals surface area contributed by atoms with E-state index in [-0.39, 0.29) is 0 Å². The first-order valence-electron chi connectivity index (χ1n) is 4.61. The van der Waals surface area contributed by atoms with Gasteiger partial charge in [-0.05, 0) is 0 Å². The average molecular weight is 278 g/mol. The molecule has 0 aromatic carbocycles. The summed E-state index contributed by atoms with van der Waals surface area (Å²) in [5.74, 6) is 0. The van der Waals surface area contributed by atoms with Crippen LogP contribution in [-0.4, -0.2) is 61.7 Å². The molecule has 0 aliphatic carbocycles. The molecule has 0 aromatic rings. The van der Waals surface area contributed by atoms with Gasteiger partial charge in [0.05, 0.1) is 0 Å². The van der Waals surface area contributed by atoms with E-state index in [0.717, 1.165) is 0 Å². The molecule has 0 radical (unpaired) electrons. The quantitative estimate of drug-likeness (QED) is 0.740.